The first-order chi connectivity index (χ1) is 17.3. The van der Waals surface area contributed by atoms with Crippen LogP contribution in [0.15, 0.2) is 24.3 Å². The number of piperazine rings is 1. The van der Waals surface area contributed by atoms with Crippen LogP contribution < -0.4 is 10.6 Å². The average molecular weight is 518 g/mol. The third-order valence-electron chi connectivity index (χ3n) is 7.36. The second-order valence-corrected chi connectivity index (χ2v) is 12.7. The summed E-state index contributed by atoms with van der Waals surface area (Å²) in [4.78, 5) is 41.8. The van der Waals surface area contributed by atoms with E-state index >= 15 is 0 Å². The first-order valence-corrected chi connectivity index (χ1v) is 13.6. The van der Waals surface area contributed by atoms with Crippen LogP contribution in [0.25, 0.3) is 0 Å². The number of rotatable bonds is 12. The van der Waals surface area contributed by atoms with Crippen molar-refractivity contribution < 1.29 is 28.5 Å². The summed E-state index contributed by atoms with van der Waals surface area (Å²) in [6, 6.07) is 4.86. The number of hydrogen-bond donors (Lipinski definition) is 3. The van der Waals surface area contributed by atoms with Crippen LogP contribution in [-0.4, -0.2) is 111 Å². The molecule has 0 aromatic heterocycles. The highest BCUT2D eigenvalue weighted by Crippen LogP contribution is 2.43. The van der Waals surface area contributed by atoms with Crippen molar-refractivity contribution in [2.24, 2.45) is 5.92 Å². The van der Waals surface area contributed by atoms with E-state index in [-0.39, 0.29) is 23.5 Å². The van der Waals surface area contributed by atoms with E-state index in [4.69, 9.17) is 0 Å². The van der Waals surface area contributed by atoms with Gasteiger partial charge in [-0.2, -0.15) is 0 Å². The number of phenols is 1. The van der Waals surface area contributed by atoms with E-state index in [0.717, 1.165) is 53.3 Å². The van der Waals surface area contributed by atoms with Crippen LogP contribution in [-0.2, 0) is 14.4 Å². The molecule has 1 aromatic rings. The number of fused-ring (bicyclic) bond motifs is 1. The van der Waals surface area contributed by atoms with Crippen LogP contribution in [0.3, 0.4) is 0 Å². The molecule has 3 N–H and O–H groups in total. The third kappa shape index (κ3) is 7.92. The van der Waals surface area contributed by atoms with E-state index in [2.05, 4.69) is 52.9 Å². The molecule has 206 valence electrons. The van der Waals surface area contributed by atoms with Crippen LogP contribution in [0.2, 0.25) is 0 Å². The van der Waals surface area contributed by atoms with E-state index in [0.29, 0.717) is 19.4 Å². The van der Waals surface area contributed by atoms with Crippen molar-refractivity contribution in [2.75, 3.05) is 61.9 Å². The number of hydrogen-bond acceptors (Lipinski definition) is 4. The van der Waals surface area contributed by atoms with Crippen LogP contribution >= 0.6 is 0 Å². The van der Waals surface area contributed by atoms with Gasteiger partial charge >= 0.3 is 0 Å². The molecule has 37 heavy (non-hydrogen) atoms. The molecule has 3 rings (SSSR count). The summed E-state index contributed by atoms with van der Waals surface area (Å²) in [6.45, 7) is 2.59. The van der Waals surface area contributed by atoms with Crippen molar-refractivity contribution in [2.45, 2.75) is 56.7 Å². The summed E-state index contributed by atoms with van der Waals surface area (Å²) < 4.78 is 1.73. The van der Waals surface area contributed by atoms with Gasteiger partial charge in [0.05, 0.1) is 67.3 Å². The van der Waals surface area contributed by atoms with Gasteiger partial charge in [-0.3, -0.25) is 14.4 Å². The van der Waals surface area contributed by atoms with Gasteiger partial charge in [0.1, 0.15) is 17.8 Å². The lowest BCUT2D eigenvalue weighted by molar-refractivity contribution is -0.870. The summed E-state index contributed by atoms with van der Waals surface area (Å²) in [5, 5.41) is 15.8. The Labute approximate surface area is 222 Å². The summed E-state index contributed by atoms with van der Waals surface area (Å²) >= 11 is 0. The number of unbranched alkanes of at least 4 members (excludes halogenated alkanes) is 2. The zero-order chi connectivity index (χ0) is 27.4. The Kier molecular flexibility index (Phi) is 9.23. The summed E-state index contributed by atoms with van der Waals surface area (Å²) in [7, 11) is 12.9. The summed E-state index contributed by atoms with van der Waals surface area (Å²) in [5.74, 6) is -0.837. The minimum atomic E-state index is -0.664. The molecule has 9 heteroatoms. The fourth-order valence-corrected chi connectivity index (χ4v) is 5.40. The van der Waals surface area contributed by atoms with Crippen LogP contribution in [0, 0.1) is 5.92 Å². The minimum absolute atomic E-state index is 0.119. The van der Waals surface area contributed by atoms with Crippen molar-refractivity contribution in [3.05, 3.63) is 29.8 Å². The molecule has 2 saturated heterocycles. The largest absolute Gasteiger partial charge is 0.508 e. The lowest BCUT2D eigenvalue weighted by Crippen LogP contribution is -2.61. The topological polar surface area (TPSA) is 98.7 Å². The Balaban J connectivity index is 1.73. The maximum Gasteiger partial charge on any atom is 0.246 e. The number of nitrogens with one attached hydrogen (secondary N) is 2. The number of amides is 3. The first-order valence-electron chi connectivity index (χ1n) is 13.6. The Morgan fingerprint density at radius 1 is 0.973 bits per heavy atom. The van der Waals surface area contributed by atoms with Crippen molar-refractivity contribution in [1.29, 1.82) is 0 Å². The summed E-state index contributed by atoms with van der Waals surface area (Å²) in [6.07, 6.45) is 4.56. The normalized spacial score (nSPS) is 24.1. The molecule has 3 amide bonds. The van der Waals surface area contributed by atoms with E-state index < -0.39 is 24.0 Å². The zero-order valence-corrected chi connectivity index (χ0v) is 23.5. The van der Waals surface area contributed by atoms with E-state index in [1.807, 2.05) is 0 Å². The maximum atomic E-state index is 13.7. The molecule has 4 atom stereocenters. The maximum absolute atomic E-state index is 13.7. The van der Waals surface area contributed by atoms with Crippen molar-refractivity contribution in [1.82, 2.24) is 15.5 Å². The van der Waals surface area contributed by atoms with Gasteiger partial charge < -0.3 is 29.6 Å². The fraction of sp³-hybridized carbons (Fsp3) is 0.679. The van der Waals surface area contributed by atoms with Crippen LogP contribution in [0.1, 0.15) is 50.1 Å². The molecular formula is C28H47N5O4+2. The third-order valence-corrected chi connectivity index (χ3v) is 7.36. The molecule has 0 bridgehead atoms. The Morgan fingerprint density at radius 2 is 1.57 bits per heavy atom. The van der Waals surface area contributed by atoms with Gasteiger partial charge in [-0.1, -0.05) is 12.1 Å². The molecule has 2 aliphatic heterocycles. The number of phenolic OH excluding ortho intramolecular Hbond substituents is 1. The molecule has 2 fully saturated rings. The second kappa shape index (κ2) is 11.8. The van der Waals surface area contributed by atoms with Gasteiger partial charge in [0.25, 0.3) is 0 Å². The number of carbonyl (C=O) groups excluding carboxylic acids is 3. The van der Waals surface area contributed by atoms with E-state index in [1.54, 1.807) is 29.2 Å². The molecule has 2 aliphatic rings. The predicted molar refractivity (Wildman–Crippen MR) is 143 cm³/mol. The molecule has 0 aliphatic carbocycles. The van der Waals surface area contributed by atoms with Crippen LogP contribution in [0.4, 0.5) is 0 Å². The van der Waals surface area contributed by atoms with Crippen molar-refractivity contribution in [3.63, 3.8) is 0 Å². The Morgan fingerprint density at radius 3 is 2.16 bits per heavy atom. The number of benzene rings is 1. The highest BCUT2D eigenvalue weighted by atomic mass is 16.3. The molecule has 0 saturated carbocycles. The van der Waals surface area contributed by atoms with Gasteiger partial charge in [0, 0.05) is 6.54 Å². The predicted octanol–water partition coefficient (Wildman–Crippen LogP) is 1.63. The lowest BCUT2D eigenvalue weighted by Gasteiger charge is -2.38. The highest BCUT2D eigenvalue weighted by molar-refractivity contribution is 5.99. The van der Waals surface area contributed by atoms with Gasteiger partial charge in [0.15, 0.2) is 0 Å². The lowest BCUT2D eigenvalue weighted by atomic mass is 9.92. The smallest absolute Gasteiger partial charge is 0.246 e. The Bertz CT molecular complexity index is 951. The zero-order valence-electron chi connectivity index (χ0n) is 23.5. The van der Waals surface area contributed by atoms with E-state index in [9.17, 15) is 19.5 Å². The number of aromatic hydroxyl groups is 1. The fourth-order valence-electron chi connectivity index (χ4n) is 5.40. The quantitative estimate of drug-likeness (QED) is 0.290. The molecule has 1 aromatic carbocycles. The highest BCUT2D eigenvalue weighted by Gasteiger charge is 2.54. The molecular weight excluding hydrogens is 470 g/mol. The van der Waals surface area contributed by atoms with Gasteiger partial charge in [-0.15, -0.1) is 0 Å². The standard InChI is InChI=1S/C28H45N5O4/c1-32(2,3)17-9-7-11-23-28(37)31-24(27(36)30-23)19-22(25(31)20-12-14-21(34)15-13-20)26(35)29-16-8-10-18-33(4,5)6/h12-15,22-25H,7-11,16-19H2,1-6H3,(H-2,29,30,34,35,36)/p+2/t22-,23+,24-,25-/m1/s1. The van der Waals surface area contributed by atoms with E-state index in [1.165, 1.54) is 0 Å². The van der Waals surface area contributed by atoms with Crippen molar-refractivity contribution in [3.8, 4) is 5.75 Å². The minimum Gasteiger partial charge on any atom is -0.508 e. The molecule has 9 nitrogen and oxygen atoms in total. The first kappa shape index (κ1) is 28.9. The SMILES string of the molecule is C[N+](C)(C)CCCCNC(=O)[C@@H]1C[C@@H]2C(=O)N[C@@H](CCCC[N+](C)(C)C)C(=O)N2[C@@H]1c1ccc(O)cc1. The van der Waals surface area contributed by atoms with Gasteiger partial charge in [0.2, 0.25) is 17.7 Å². The second-order valence-electron chi connectivity index (χ2n) is 12.7. The number of quaternary nitrogens is 2. The molecule has 0 unspecified atom stereocenters. The van der Waals surface area contributed by atoms with Crippen molar-refractivity contribution >= 4 is 17.7 Å². The average Bonchev–Trinajstić information content (AvgIpc) is 3.20. The van der Waals surface area contributed by atoms with Gasteiger partial charge in [-0.05, 0) is 56.2 Å². The number of carbonyl (C=O) groups is 3. The monoisotopic (exact) mass is 517 g/mol. The summed E-state index contributed by atoms with van der Waals surface area (Å²) in [5.41, 5.74) is 0.761. The Hall–Kier alpha value is -2.65. The van der Waals surface area contributed by atoms with Crippen LogP contribution in [0.5, 0.6) is 5.75 Å². The molecule has 0 radical (unpaired) electrons. The molecule has 0 spiro atoms. The molecule has 2 heterocycles. The van der Waals surface area contributed by atoms with Gasteiger partial charge in [-0.25, -0.2) is 0 Å². The number of nitrogens with zero attached hydrogens (tertiary/aromatic N) is 3.